The lowest BCUT2D eigenvalue weighted by atomic mass is 10.3. The Kier molecular flexibility index (Phi) is 6.47. The zero-order valence-corrected chi connectivity index (χ0v) is 16.4. The largest absolute Gasteiger partial charge is 0.340 e. The van der Waals surface area contributed by atoms with Crippen molar-refractivity contribution in [3.8, 4) is 0 Å². The average Bonchev–Trinajstić information content (AvgIpc) is 2.81. The Balaban J connectivity index is 1.52. The molecule has 4 rings (SSSR count). The molecule has 1 aromatic carbocycles. The summed E-state index contributed by atoms with van der Waals surface area (Å²) in [6.07, 6.45) is 10.2. The van der Waals surface area contributed by atoms with Gasteiger partial charge in [-0.15, -0.1) is 0 Å². The zero-order chi connectivity index (χ0) is 21.1. The fraction of sp³-hybridized carbons (Fsp3) is 0. The average molecular weight is 409 g/mol. The van der Waals surface area contributed by atoms with Crippen molar-refractivity contribution in [3.05, 3.63) is 96.6 Å². The van der Waals surface area contributed by atoms with Gasteiger partial charge in [-0.25, -0.2) is 5.43 Å². The maximum Gasteiger partial charge on any atom is 0.247 e. The van der Waals surface area contributed by atoms with E-state index in [1.165, 1.54) is 0 Å². The Morgan fingerprint density at radius 1 is 0.645 bits per heavy atom. The molecule has 9 heteroatoms. The van der Waals surface area contributed by atoms with Gasteiger partial charge in [-0.05, 0) is 47.5 Å². The number of rotatable bonds is 8. The van der Waals surface area contributed by atoms with Gasteiger partial charge >= 0.3 is 0 Å². The number of aromatic nitrogens is 4. The summed E-state index contributed by atoms with van der Waals surface area (Å²) in [6.45, 7) is 0. The topological polar surface area (TPSA) is 112 Å². The Bertz CT molecular complexity index is 1080. The first kappa shape index (κ1) is 19.6. The minimum atomic E-state index is 0.313. The number of benzene rings is 1. The van der Waals surface area contributed by atoms with E-state index in [1.807, 2.05) is 54.6 Å². The quantitative estimate of drug-likeness (QED) is 0.299. The normalized spacial score (nSPS) is 11.0. The van der Waals surface area contributed by atoms with Gasteiger partial charge in [-0.1, -0.05) is 18.2 Å². The molecule has 152 valence electrons. The fourth-order valence-electron chi connectivity index (χ4n) is 2.52. The Hall–Kier alpha value is -4.66. The minimum absolute atomic E-state index is 0.313. The fourth-order valence-corrected chi connectivity index (χ4v) is 2.52. The third-order valence-corrected chi connectivity index (χ3v) is 3.96. The second kappa shape index (κ2) is 10.2. The standard InChI is InChI=1S/C22H19N9/c1-2-4-19(5-3-1)27-20-14-21(30-25-15-17-6-10-23-11-7-17)29-22(28-20)31-26-16-18-8-12-24-13-9-18/h1-16H,(H3,27,28,29,30,31). The van der Waals surface area contributed by atoms with Crippen molar-refractivity contribution < 1.29 is 0 Å². The van der Waals surface area contributed by atoms with E-state index in [0.717, 1.165) is 16.8 Å². The summed E-state index contributed by atoms with van der Waals surface area (Å²) in [5, 5.41) is 11.7. The first-order chi connectivity index (χ1) is 15.3. The van der Waals surface area contributed by atoms with Crippen molar-refractivity contribution in [1.82, 2.24) is 19.9 Å². The van der Waals surface area contributed by atoms with E-state index in [-0.39, 0.29) is 0 Å². The van der Waals surface area contributed by atoms with Crippen LogP contribution >= 0.6 is 0 Å². The van der Waals surface area contributed by atoms with E-state index in [9.17, 15) is 0 Å². The third-order valence-electron chi connectivity index (χ3n) is 3.96. The highest BCUT2D eigenvalue weighted by molar-refractivity contribution is 5.80. The lowest BCUT2D eigenvalue weighted by Crippen LogP contribution is -2.04. The van der Waals surface area contributed by atoms with Crippen LogP contribution in [0, 0.1) is 0 Å². The first-order valence-electron chi connectivity index (χ1n) is 9.44. The van der Waals surface area contributed by atoms with Gasteiger partial charge in [0.15, 0.2) is 5.82 Å². The molecule has 0 bridgehead atoms. The van der Waals surface area contributed by atoms with Gasteiger partial charge in [0.25, 0.3) is 0 Å². The first-order valence-corrected chi connectivity index (χ1v) is 9.44. The molecule has 0 saturated carbocycles. The van der Waals surface area contributed by atoms with Gasteiger partial charge in [0, 0.05) is 36.5 Å². The van der Waals surface area contributed by atoms with Crippen LogP contribution in [0.1, 0.15) is 11.1 Å². The number of anilines is 4. The molecule has 0 aliphatic carbocycles. The number of nitrogens with one attached hydrogen (secondary N) is 3. The second-order valence-corrected chi connectivity index (χ2v) is 6.25. The number of pyridine rings is 2. The van der Waals surface area contributed by atoms with Gasteiger partial charge in [-0.2, -0.15) is 20.2 Å². The molecule has 3 heterocycles. The van der Waals surface area contributed by atoms with Crippen LogP contribution in [0.2, 0.25) is 0 Å². The van der Waals surface area contributed by atoms with Gasteiger partial charge < -0.3 is 5.32 Å². The monoisotopic (exact) mass is 409 g/mol. The van der Waals surface area contributed by atoms with Crippen molar-refractivity contribution in [2.24, 2.45) is 10.2 Å². The number of hydrazone groups is 2. The van der Waals surface area contributed by atoms with Crippen molar-refractivity contribution in [2.45, 2.75) is 0 Å². The minimum Gasteiger partial charge on any atom is -0.340 e. The van der Waals surface area contributed by atoms with Gasteiger partial charge in [-0.3, -0.25) is 15.4 Å². The molecule has 0 radical (unpaired) electrons. The lowest BCUT2D eigenvalue weighted by Gasteiger charge is -2.09. The molecule has 0 atom stereocenters. The van der Waals surface area contributed by atoms with Gasteiger partial charge in [0.1, 0.15) is 5.82 Å². The molecule has 0 aliphatic rings. The maximum absolute atomic E-state index is 4.47. The molecule has 3 aromatic heterocycles. The summed E-state index contributed by atoms with van der Waals surface area (Å²) in [5.74, 6) is 1.40. The molecule has 0 aliphatic heterocycles. The summed E-state index contributed by atoms with van der Waals surface area (Å²) in [7, 11) is 0. The molecule has 31 heavy (non-hydrogen) atoms. The van der Waals surface area contributed by atoms with Crippen LogP contribution in [0.5, 0.6) is 0 Å². The number of hydrogen-bond donors (Lipinski definition) is 3. The van der Waals surface area contributed by atoms with Crippen molar-refractivity contribution >= 4 is 35.7 Å². The Morgan fingerprint density at radius 3 is 1.87 bits per heavy atom. The molecule has 0 amide bonds. The third kappa shape index (κ3) is 6.16. The number of para-hydroxylation sites is 1. The van der Waals surface area contributed by atoms with E-state index in [2.05, 4.69) is 46.3 Å². The predicted octanol–water partition coefficient (Wildman–Crippen LogP) is 3.90. The maximum atomic E-state index is 4.47. The van der Waals surface area contributed by atoms with Crippen LogP contribution in [0.3, 0.4) is 0 Å². The van der Waals surface area contributed by atoms with Crippen LogP contribution in [-0.4, -0.2) is 32.4 Å². The van der Waals surface area contributed by atoms with E-state index in [0.29, 0.717) is 17.6 Å². The second-order valence-electron chi connectivity index (χ2n) is 6.25. The predicted molar refractivity (Wildman–Crippen MR) is 123 cm³/mol. The van der Waals surface area contributed by atoms with Gasteiger partial charge in [0.2, 0.25) is 5.95 Å². The van der Waals surface area contributed by atoms with E-state index in [4.69, 9.17) is 0 Å². The van der Waals surface area contributed by atoms with E-state index >= 15 is 0 Å². The molecular formula is C22H19N9. The number of nitrogens with zero attached hydrogens (tertiary/aromatic N) is 6. The van der Waals surface area contributed by atoms with Crippen LogP contribution in [0.25, 0.3) is 0 Å². The van der Waals surface area contributed by atoms with E-state index < -0.39 is 0 Å². The summed E-state index contributed by atoms with van der Waals surface area (Å²) in [6, 6.07) is 18.9. The molecular weight excluding hydrogens is 390 g/mol. The molecule has 9 nitrogen and oxygen atoms in total. The van der Waals surface area contributed by atoms with Gasteiger partial charge in [0.05, 0.1) is 12.4 Å². The van der Waals surface area contributed by atoms with Crippen molar-refractivity contribution in [1.29, 1.82) is 0 Å². The highest BCUT2D eigenvalue weighted by atomic mass is 15.4. The lowest BCUT2D eigenvalue weighted by molar-refractivity contribution is 1.10. The summed E-state index contributed by atoms with van der Waals surface area (Å²) in [4.78, 5) is 16.9. The SMILES string of the molecule is C(=NNc1cc(Nc2ccccc2)nc(NN=Cc2ccncc2)n1)c1ccncc1. The molecule has 3 N–H and O–H groups in total. The summed E-state index contributed by atoms with van der Waals surface area (Å²) >= 11 is 0. The molecule has 0 unspecified atom stereocenters. The highest BCUT2D eigenvalue weighted by Gasteiger charge is 2.05. The molecule has 4 aromatic rings. The number of hydrogen-bond acceptors (Lipinski definition) is 9. The molecule has 0 spiro atoms. The highest BCUT2D eigenvalue weighted by Crippen LogP contribution is 2.19. The summed E-state index contributed by atoms with van der Waals surface area (Å²) < 4.78 is 0. The van der Waals surface area contributed by atoms with Crippen LogP contribution in [0.4, 0.5) is 23.3 Å². The van der Waals surface area contributed by atoms with Crippen molar-refractivity contribution in [2.75, 3.05) is 16.2 Å². The Labute approximate surface area is 179 Å². The van der Waals surface area contributed by atoms with Crippen molar-refractivity contribution in [3.63, 3.8) is 0 Å². The van der Waals surface area contributed by atoms with Crippen LogP contribution in [-0.2, 0) is 0 Å². The van der Waals surface area contributed by atoms with Crippen LogP contribution in [0.15, 0.2) is 95.7 Å². The Morgan fingerprint density at radius 2 is 1.23 bits per heavy atom. The smallest absolute Gasteiger partial charge is 0.247 e. The summed E-state index contributed by atoms with van der Waals surface area (Å²) in [5.41, 5.74) is 8.50. The molecule has 0 fully saturated rings. The van der Waals surface area contributed by atoms with Crippen LogP contribution < -0.4 is 16.2 Å². The molecule has 0 saturated heterocycles. The van der Waals surface area contributed by atoms with E-state index in [1.54, 1.807) is 43.3 Å². The zero-order valence-electron chi connectivity index (χ0n) is 16.4.